The Kier molecular flexibility index (Phi) is 2.69. The third-order valence-corrected chi connectivity index (χ3v) is 3.34. The van der Waals surface area contributed by atoms with Crippen LogP contribution < -0.4 is 0 Å². The van der Waals surface area contributed by atoms with Gasteiger partial charge >= 0.3 is 0 Å². The zero-order valence-corrected chi connectivity index (χ0v) is 9.25. The van der Waals surface area contributed by atoms with Crippen LogP contribution in [0.1, 0.15) is 17.1 Å². The Balaban J connectivity index is 2.02. The van der Waals surface area contributed by atoms with Crippen LogP contribution in [0.25, 0.3) is 0 Å². The minimum absolute atomic E-state index is 0.0643. The molecule has 4 nitrogen and oxygen atoms in total. The maximum Gasteiger partial charge on any atom is 0.224 e. The molecule has 0 bridgehead atoms. The van der Waals surface area contributed by atoms with Crippen molar-refractivity contribution in [3.63, 3.8) is 0 Å². The van der Waals surface area contributed by atoms with Gasteiger partial charge in [-0.1, -0.05) is 0 Å². The third-order valence-electron chi connectivity index (χ3n) is 2.39. The highest BCUT2D eigenvalue weighted by Gasteiger charge is 2.29. The van der Waals surface area contributed by atoms with Crippen LogP contribution in [-0.2, 0) is 11.3 Å². The second-order valence-electron chi connectivity index (χ2n) is 3.69. The standard InChI is InChI=1S/C10H11N3OS/c1-7-6-15-9(12-7)5-13-4-8(3-11)2-10(13)14/h6,8H,2,4-5H2,1H3. The van der Waals surface area contributed by atoms with E-state index in [9.17, 15) is 4.79 Å². The molecule has 0 saturated carbocycles. The van der Waals surface area contributed by atoms with Crippen LogP contribution in [0, 0.1) is 24.2 Å². The fraction of sp³-hybridized carbons (Fsp3) is 0.500. The molecule has 0 aromatic carbocycles. The average Bonchev–Trinajstić information content (AvgIpc) is 2.75. The van der Waals surface area contributed by atoms with E-state index in [1.165, 1.54) is 0 Å². The molecule has 1 aromatic heterocycles. The fourth-order valence-electron chi connectivity index (χ4n) is 1.65. The van der Waals surface area contributed by atoms with Crippen molar-refractivity contribution in [3.8, 4) is 6.07 Å². The van der Waals surface area contributed by atoms with Gasteiger partial charge in [-0.15, -0.1) is 11.3 Å². The molecule has 1 saturated heterocycles. The van der Waals surface area contributed by atoms with Crippen molar-refractivity contribution in [2.45, 2.75) is 19.9 Å². The molecule has 1 atom stereocenters. The van der Waals surface area contributed by atoms with Crippen molar-refractivity contribution >= 4 is 17.2 Å². The van der Waals surface area contributed by atoms with Crippen molar-refractivity contribution in [1.82, 2.24) is 9.88 Å². The zero-order valence-electron chi connectivity index (χ0n) is 8.43. The van der Waals surface area contributed by atoms with Crippen LogP contribution in [0.3, 0.4) is 0 Å². The van der Waals surface area contributed by atoms with E-state index in [1.807, 2.05) is 12.3 Å². The van der Waals surface area contributed by atoms with Crippen molar-refractivity contribution in [2.24, 2.45) is 5.92 Å². The van der Waals surface area contributed by atoms with Crippen molar-refractivity contribution < 1.29 is 4.79 Å². The molecular formula is C10H11N3OS. The van der Waals surface area contributed by atoms with Crippen molar-refractivity contribution in [2.75, 3.05) is 6.54 Å². The molecule has 0 radical (unpaired) electrons. The Morgan fingerprint density at radius 1 is 1.80 bits per heavy atom. The molecule has 1 aliphatic heterocycles. The van der Waals surface area contributed by atoms with Gasteiger partial charge in [0.2, 0.25) is 5.91 Å². The number of aromatic nitrogens is 1. The lowest BCUT2D eigenvalue weighted by atomic mass is 10.1. The quantitative estimate of drug-likeness (QED) is 0.757. The molecule has 1 fully saturated rings. The second-order valence-corrected chi connectivity index (χ2v) is 4.63. The number of carbonyl (C=O) groups excluding carboxylic acids is 1. The molecule has 2 heterocycles. The number of likely N-dealkylation sites (tertiary alicyclic amines) is 1. The SMILES string of the molecule is Cc1csc(CN2CC(C#N)CC2=O)n1. The number of carbonyl (C=O) groups is 1. The highest BCUT2D eigenvalue weighted by atomic mass is 32.1. The lowest BCUT2D eigenvalue weighted by Gasteiger charge is -2.13. The first kappa shape index (κ1) is 10.1. The van der Waals surface area contributed by atoms with Crippen LogP contribution in [0.4, 0.5) is 0 Å². The number of amides is 1. The Hall–Kier alpha value is -1.41. The Morgan fingerprint density at radius 3 is 3.13 bits per heavy atom. The molecule has 0 aliphatic carbocycles. The van der Waals surface area contributed by atoms with Gasteiger partial charge < -0.3 is 4.90 Å². The van der Waals surface area contributed by atoms with Crippen LogP contribution >= 0.6 is 11.3 Å². The summed E-state index contributed by atoms with van der Waals surface area (Å²) in [6.45, 7) is 3.04. The van der Waals surface area contributed by atoms with E-state index < -0.39 is 0 Å². The fourth-order valence-corrected chi connectivity index (χ4v) is 2.44. The van der Waals surface area contributed by atoms with Gasteiger partial charge in [0.05, 0.1) is 18.5 Å². The van der Waals surface area contributed by atoms with Crippen molar-refractivity contribution in [3.05, 3.63) is 16.1 Å². The molecule has 1 unspecified atom stereocenters. The summed E-state index contributed by atoms with van der Waals surface area (Å²) in [5.41, 5.74) is 0.985. The van der Waals surface area contributed by atoms with Crippen LogP contribution in [-0.4, -0.2) is 22.3 Å². The van der Waals surface area contributed by atoms with E-state index in [2.05, 4.69) is 11.1 Å². The zero-order chi connectivity index (χ0) is 10.8. The Labute approximate surface area is 92.2 Å². The van der Waals surface area contributed by atoms with E-state index in [4.69, 9.17) is 5.26 Å². The number of hydrogen-bond acceptors (Lipinski definition) is 4. The molecular weight excluding hydrogens is 210 g/mol. The summed E-state index contributed by atoms with van der Waals surface area (Å²) >= 11 is 1.56. The number of hydrogen-bond donors (Lipinski definition) is 0. The lowest BCUT2D eigenvalue weighted by molar-refractivity contribution is -0.128. The highest BCUT2D eigenvalue weighted by molar-refractivity contribution is 7.09. The van der Waals surface area contributed by atoms with Gasteiger partial charge in [0.1, 0.15) is 5.01 Å². The third kappa shape index (κ3) is 2.16. The predicted octanol–water partition coefficient (Wildman–Crippen LogP) is 1.32. The summed E-state index contributed by atoms with van der Waals surface area (Å²) in [4.78, 5) is 17.5. The molecule has 0 spiro atoms. The molecule has 5 heteroatoms. The van der Waals surface area contributed by atoms with Gasteiger partial charge in [0.15, 0.2) is 0 Å². The Morgan fingerprint density at radius 2 is 2.60 bits per heavy atom. The van der Waals surface area contributed by atoms with Crippen LogP contribution in [0.15, 0.2) is 5.38 Å². The van der Waals surface area contributed by atoms with Gasteiger partial charge in [-0.25, -0.2) is 4.98 Å². The normalized spacial score (nSPS) is 20.7. The molecule has 2 rings (SSSR count). The maximum atomic E-state index is 11.5. The van der Waals surface area contributed by atoms with Gasteiger partial charge in [-0.2, -0.15) is 5.26 Å². The van der Waals surface area contributed by atoms with Gasteiger partial charge in [0.25, 0.3) is 0 Å². The van der Waals surface area contributed by atoms with Crippen molar-refractivity contribution in [1.29, 1.82) is 5.26 Å². The summed E-state index contributed by atoms with van der Waals surface area (Å²) in [6, 6.07) is 2.14. The number of rotatable bonds is 2. The largest absolute Gasteiger partial charge is 0.335 e. The van der Waals surface area contributed by atoms with E-state index in [1.54, 1.807) is 16.2 Å². The van der Waals surface area contributed by atoms with Crippen LogP contribution in [0.5, 0.6) is 0 Å². The van der Waals surface area contributed by atoms with Gasteiger partial charge in [0, 0.05) is 24.0 Å². The lowest BCUT2D eigenvalue weighted by Crippen LogP contribution is -2.24. The maximum absolute atomic E-state index is 11.5. The summed E-state index contributed by atoms with van der Waals surface area (Å²) in [5.74, 6) is -0.0760. The minimum atomic E-state index is -0.140. The Bertz CT molecular complexity index is 421. The number of nitrogens with zero attached hydrogens (tertiary/aromatic N) is 3. The van der Waals surface area contributed by atoms with E-state index in [0.717, 1.165) is 10.7 Å². The average molecular weight is 221 g/mol. The summed E-state index contributed by atoms with van der Waals surface area (Å²) in [5, 5.41) is 11.6. The molecule has 1 aliphatic rings. The minimum Gasteiger partial charge on any atom is -0.335 e. The number of aryl methyl sites for hydroxylation is 1. The van der Waals surface area contributed by atoms with Gasteiger partial charge in [-0.3, -0.25) is 4.79 Å². The molecule has 15 heavy (non-hydrogen) atoms. The summed E-state index contributed by atoms with van der Waals surface area (Å²) < 4.78 is 0. The number of nitriles is 1. The first-order chi connectivity index (χ1) is 7.19. The second kappa shape index (κ2) is 3.99. The predicted molar refractivity (Wildman–Crippen MR) is 56.0 cm³/mol. The molecule has 0 N–H and O–H groups in total. The van der Waals surface area contributed by atoms with E-state index >= 15 is 0 Å². The molecule has 1 aromatic rings. The smallest absolute Gasteiger partial charge is 0.224 e. The number of thiazole rings is 1. The molecule has 1 amide bonds. The topological polar surface area (TPSA) is 57.0 Å². The summed E-state index contributed by atoms with van der Waals surface area (Å²) in [7, 11) is 0. The first-order valence-corrected chi connectivity index (χ1v) is 5.65. The first-order valence-electron chi connectivity index (χ1n) is 4.77. The molecule has 78 valence electrons. The summed E-state index contributed by atoms with van der Waals surface area (Å²) in [6.07, 6.45) is 0.362. The monoisotopic (exact) mass is 221 g/mol. The van der Waals surface area contributed by atoms with Crippen LogP contribution in [0.2, 0.25) is 0 Å². The highest BCUT2D eigenvalue weighted by Crippen LogP contribution is 2.20. The van der Waals surface area contributed by atoms with E-state index in [0.29, 0.717) is 19.5 Å². The van der Waals surface area contributed by atoms with Gasteiger partial charge in [-0.05, 0) is 6.92 Å². The van der Waals surface area contributed by atoms with E-state index in [-0.39, 0.29) is 11.8 Å².